The maximum Gasteiger partial charge on any atom is 0.263 e. The van der Waals surface area contributed by atoms with Gasteiger partial charge in [0.2, 0.25) is 0 Å². The van der Waals surface area contributed by atoms with Crippen molar-refractivity contribution in [3.05, 3.63) is 47.0 Å². The number of pyridine rings is 1. The highest BCUT2D eigenvalue weighted by molar-refractivity contribution is 7.20. The Morgan fingerprint density at radius 3 is 3.04 bits per heavy atom. The van der Waals surface area contributed by atoms with Gasteiger partial charge in [0.05, 0.1) is 11.4 Å². The van der Waals surface area contributed by atoms with Gasteiger partial charge in [-0.2, -0.15) is 0 Å². The summed E-state index contributed by atoms with van der Waals surface area (Å²) in [4.78, 5) is 30.5. The van der Waals surface area contributed by atoms with Crippen LogP contribution in [0.4, 0.5) is 0 Å². The molecule has 0 radical (unpaired) electrons. The summed E-state index contributed by atoms with van der Waals surface area (Å²) < 4.78 is 0. The second-order valence-corrected chi connectivity index (χ2v) is 7.66. The molecular weight excluding hydrogens is 334 g/mol. The molecule has 4 rings (SSSR count). The van der Waals surface area contributed by atoms with Crippen LogP contribution in [0.25, 0.3) is 10.2 Å². The van der Waals surface area contributed by atoms with Crippen molar-refractivity contribution in [3.8, 4) is 0 Å². The molecule has 3 aromatic heterocycles. The number of rotatable bonds is 4. The van der Waals surface area contributed by atoms with Gasteiger partial charge in [0, 0.05) is 50.5 Å². The lowest BCUT2D eigenvalue weighted by Gasteiger charge is -2.16. The molecule has 1 atom stereocenters. The number of hydrogen-bond acceptors (Lipinski definition) is 5. The summed E-state index contributed by atoms with van der Waals surface area (Å²) in [6, 6.07) is 4.05. The molecule has 1 N–H and O–H groups in total. The van der Waals surface area contributed by atoms with Crippen LogP contribution >= 0.6 is 11.3 Å². The lowest BCUT2D eigenvalue weighted by molar-refractivity contribution is 0.0831. The van der Waals surface area contributed by atoms with Gasteiger partial charge in [-0.3, -0.25) is 9.69 Å². The van der Waals surface area contributed by atoms with E-state index >= 15 is 0 Å². The summed E-state index contributed by atoms with van der Waals surface area (Å²) in [6.45, 7) is 2.77. The third-order valence-electron chi connectivity index (χ3n) is 4.71. The minimum absolute atomic E-state index is 0.0717. The molecule has 1 saturated heterocycles. The minimum atomic E-state index is 0.0717. The molecule has 1 fully saturated rings. The van der Waals surface area contributed by atoms with Gasteiger partial charge in [-0.05, 0) is 24.6 Å². The molecule has 4 heterocycles. The van der Waals surface area contributed by atoms with Crippen LogP contribution in [-0.2, 0) is 6.54 Å². The summed E-state index contributed by atoms with van der Waals surface area (Å²) in [6.07, 6.45) is 6.49. The van der Waals surface area contributed by atoms with Crippen molar-refractivity contribution in [1.29, 1.82) is 0 Å². The molecule has 130 valence electrons. The Labute approximate surface area is 150 Å². The second kappa shape index (κ2) is 6.57. The summed E-state index contributed by atoms with van der Waals surface area (Å²) in [5.74, 6) is 1.41. The molecule has 25 heavy (non-hydrogen) atoms. The molecule has 0 aliphatic carbocycles. The quantitative estimate of drug-likeness (QED) is 0.781. The molecule has 0 bridgehead atoms. The Morgan fingerprint density at radius 1 is 1.40 bits per heavy atom. The van der Waals surface area contributed by atoms with Gasteiger partial charge in [-0.1, -0.05) is 6.07 Å². The van der Waals surface area contributed by atoms with E-state index in [-0.39, 0.29) is 5.91 Å². The van der Waals surface area contributed by atoms with Gasteiger partial charge in [0.1, 0.15) is 10.7 Å². The monoisotopic (exact) mass is 355 g/mol. The van der Waals surface area contributed by atoms with E-state index in [9.17, 15) is 4.79 Å². The number of carbonyl (C=O) groups excluding carboxylic acids is 1. The zero-order chi connectivity index (χ0) is 17.4. The number of thiophene rings is 1. The molecule has 7 heteroatoms. The summed E-state index contributed by atoms with van der Waals surface area (Å²) in [7, 11) is 3.61. The van der Waals surface area contributed by atoms with E-state index in [4.69, 9.17) is 0 Å². The van der Waals surface area contributed by atoms with E-state index in [1.165, 1.54) is 16.9 Å². The number of hydrogen-bond donors (Lipinski definition) is 1. The second-order valence-electron chi connectivity index (χ2n) is 6.66. The molecule has 0 aromatic carbocycles. The summed E-state index contributed by atoms with van der Waals surface area (Å²) in [5, 5.41) is 1.13. The third-order valence-corrected chi connectivity index (χ3v) is 5.83. The number of carbonyl (C=O) groups is 1. The van der Waals surface area contributed by atoms with E-state index in [0.717, 1.165) is 47.0 Å². The standard InChI is InChI=1S/C18H21N5OS/c1-22(2)18(24)16-15(13-4-3-6-21-17(13)25-16)12-5-9-23(10-12)11-14-19-7-8-20-14/h3-4,6-8,12H,5,9-11H2,1-2H3,(H,19,20). The molecule has 1 aliphatic rings. The van der Waals surface area contributed by atoms with E-state index in [1.807, 2.05) is 26.4 Å². The Hall–Kier alpha value is -2.25. The van der Waals surface area contributed by atoms with Gasteiger partial charge < -0.3 is 9.88 Å². The maximum atomic E-state index is 12.7. The average molecular weight is 355 g/mol. The van der Waals surface area contributed by atoms with E-state index < -0.39 is 0 Å². The maximum absolute atomic E-state index is 12.7. The molecule has 1 amide bonds. The average Bonchev–Trinajstić information content (AvgIpc) is 3.33. The first-order chi connectivity index (χ1) is 12.1. The number of fused-ring (bicyclic) bond motifs is 1. The van der Waals surface area contributed by atoms with Gasteiger partial charge in [0.15, 0.2) is 0 Å². The van der Waals surface area contributed by atoms with Gasteiger partial charge in [-0.15, -0.1) is 11.3 Å². The van der Waals surface area contributed by atoms with Gasteiger partial charge >= 0.3 is 0 Å². The SMILES string of the molecule is CN(C)C(=O)c1sc2ncccc2c1C1CCN(Cc2ncc[nH]2)C1. The van der Waals surface area contributed by atoms with Gasteiger partial charge in [-0.25, -0.2) is 9.97 Å². The highest BCUT2D eigenvalue weighted by Crippen LogP contribution is 2.39. The highest BCUT2D eigenvalue weighted by Gasteiger charge is 2.31. The molecule has 6 nitrogen and oxygen atoms in total. The van der Waals surface area contributed by atoms with Crippen LogP contribution in [0.1, 0.15) is 33.4 Å². The molecule has 0 saturated carbocycles. The first-order valence-corrected chi connectivity index (χ1v) is 9.25. The van der Waals surface area contributed by atoms with Crippen molar-refractivity contribution in [3.63, 3.8) is 0 Å². The van der Waals surface area contributed by atoms with Crippen LogP contribution < -0.4 is 0 Å². The third kappa shape index (κ3) is 3.05. The Morgan fingerprint density at radius 2 is 2.28 bits per heavy atom. The Kier molecular flexibility index (Phi) is 4.27. The van der Waals surface area contributed by atoms with Gasteiger partial charge in [0.25, 0.3) is 5.91 Å². The molecule has 1 unspecified atom stereocenters. The summed E-state index contributed by atoms with van der Waals surface area (Å²) >= 11 is 1.51. The fourth-order valence-electron chi connectivity index (χ4n) is 3.53. The number of aromatic nitrogens is 3. The van der Waals surface area contributed by atoms with Crippen molar-refractivity contribution < 1.29 is 4.79 Å². The van der Waals surface area contributed by atoms with Crippen molar-refractivity contribution >= 4 is 27.5 Å². The fraction of sp³-hybridized carbons (Fsp3) is 0.389. The van der Waals surface area contributed by atoms with Crippen LogP contribution in [0, 0.1) is 0 Å². The van der Waals surface area contributed by atoms with E-state index in [1.54, 1.807) is 17.3 Å². The topological polar surface area (TPSA) is 65.1 Å². The smallest absolute Gasteiger partial charge is 0.263 e. The van der Waals surface area contributed by atoms with Crippen molar-refractivity contribution in [2.24, 2.45) is 0 Å². The van der Waals surface area contributed by atoms with Crippen molar-refractivity contribution in [2.45, 2.75) is 18.9 Å². The number of imidazole rings is 1. The fourth-order valence-corrected chi connectivity index (χ4v) is 4.78. The largest absolute Gasteiger partial charge is 0.348 e. The van der Waals surface area contributed by atoms with Crippen LogP contribution in [0.5, 0.6) is 0 Å². The first kappa shape index (κ1) is 16.2. The zero-order valence-corrected chi connectivity index (χ0v) is 15.2. The van der Waals surface area contributed by atoms with Crippen molar-refractivity contribution in [1.82, 2.24) is 24.8 Å². The molecule has 1 aliphatic heterocycles. The van der Waals surface area contributed by atoms with Crippen LogP contribution in [0.2, 0.25) is 0 Å². The predicted molar refractivity (Wildman–Crippen MR) is 98.9 cm³/mol. The Balaban J connectivity index is 1.66. The molecule has 3 aromatic rings. The van der Waals surface area contributed by atoms with Crippen LogP contribution in [-0.4, -0.2) is 57.8 Å². The zero-order valence-electron chi connectivity index (χ0n) is 14.4. The number of amides is 1. The number of likely N-dealkylation sites (tertiary alicyclic amines) is 1. The minimum Gasteiger partial charge on any atom is -0.348 e. The predicted octanol–water partition coefficient (Wildman–Crippen LogP) is 2.71. The van der Waals surface area contributed by atoms with E-state index in [0.29, 0.717) is 5.92 Å². The first-order valence-electron chi connectivity index (χ1n) is 8.43. The van der Waals surface area contributed by atoms with Crippen LogP contribution in [0.15, 0.2) is 30.7 Å². The normalized spacial score (nSPS) is 18.1. The number of nitrogens with one attached hydrogen (secondary N) is 1. The summed E-state index contributed by atoms with van der Waals surface area (Å²) in [5.41, 5.74) is 1.17. The Bertz CT molecular complexity index is 886. The lowest BCUT2D eigenvalue weighted by atomic mass is 9.95. The van der Waals surface area contributed by atoms with E-state index in [2.05, 4.69) is 25.9 Å². The number of aromatic amines is 1. The lowest BCUT2D eigenvalue weighted by Crippen LogP contribution is -2.23. The van der Waals surface area contributed by atoms with Crippen LogP contribution in [0.3, 0.4) is 0 Å². The molecular formula is C18H21N5OS. The highest BCUT2D eigenvalue weighted by atomic mass is 32.1. The van der Waals surface area contributed by atoms with Crippen molar-refractivity contribution in [2.75, 3.05) is 27.2 Å². The number of nitrogens with zero attached hydrogens (tertiary/aromatic N) is 4. The number of H-pyrrole nitrogens is 1. The molecule has 0 spiro atoms.